The van der Waals surface area contributed by atoms with E-state index in [1.165, 1.54) is 0 Å². The third kappa shape index (κ3) is 6.12. The molecule has 1 heterocycles. The highest BCUT2D eigenvalue weighted by molar-refractivity contribution is 7.91. The van der Waals surface area contributed by atoms with Crippen LogP contribution in [0.5, 0.6) is 0 Å². The van der Waals surface area contributed by atoms with Crippen molar-refractivity contribution in [1.29, 1.82) is 0 Å². The maximum atomic E-state index is 11.7. The van der Waals surface area contributed by atoms with Crippen LogP contribution in [0.15, 0.2) is 0 Å². The fourth-order valence-electron chi connectivity index (χ4n) is 2.02. The molecule has 1 atom stereocenters. The van der Waals surface area contributed by atoms with Crippen molar-refractivity contribution in [3.63, 3.8) is 0 Å². The summed E-state index contributed by atoms with van der Waals surface area (Å²) in [6, 6.07) is -0.446. The van der Waals surface area contributed by atoms with Gasteiger partial charge in [0.1, 0.15) is 0 Å². The summed E-state index contributed by atoms with van der Waals surface area (Å²) in [5.74, 6) is 0.168. The van der Waals surface area contributed by atoms with Crippen LogP contribution in [-0.4, -0.2) is 53.7 Å². The monoisotopic (exact) mass is 298 g/mol. The van der Waals surface area contributed by atoms with Gasteiger partial charge in [-0.15, -0.1) is 0 Å². The molecule has 2 N–H and O–H groups in total. The van der Waals surface area contributed by atoms with Gasteiger partial charge < -0.3 is 5.32 Å². The fourth-order valence-corrected chi connectivity index (χ4v) is 5.18. The van der Waals surface area contributed by atoms with Crippen LogP contribution >= 0.6 is 0 Å². The smallest absolute Gasteiger partial charge is 0.211 e. The summed E-state index contributed by atoms with van der Waals surface area (Å²) < 4.78 is 48.8. The Hall–Kier alpha value is -0.180. The predicted molar refractivity (Wildman–Crippen MR) is 71.8 cm³/mol. The van der Waals surface area contributed by atoms with Crippen molar-refractivity contribution in [3.05, 3.63) is 0 Å². The lowest BCUT2D eigenvalue weighted by molar-refractivity contribution is 0.515. The molecule has 0 spiro atoms. The zero-order valence-corrected chi connectivity index (χ0v) is 12.3. The summed E-state index contributed by atoms with van der Waals surface area (Å²) >= 11 is 0. The minimum Gasteiger partial charge on any atom is -0.320 e. The van der Waals surface area contributed by atoms with Gasteiger partial charge in [-0.05, 0) is 39.3 Å². The van der Waals surface area contributed by atoms with Crippen LogP contribution in [0.3, 0.4) is 0 Å². The van der Waals surface area contributed by atoms with E-state index in [0.717, 1.165) is 13.0 Å². The van der Waals surface area contributed by atoms with Crippen LogP contribution in [-0.2, 0) is 19.9 Å². The normalized spacial score (nSPS) is 23.9. The predicted octanol–water partition coefficient (Wildman–Crippen LogP) is -0.517. The Labute approximate surface area is 110 Å². The van der Waals surface area contributed by atoms with Crippen molar-refractivity contribution < 1.29 is 16.8 Å². The highest BCUT2D eigenvalue weighted by Crippen LogP contribution is 2.13. The number of rotatable bonds is 7. The molecule has 8 heteroatoms. The Kier molecular flexibility index (Phi) is 6.03. The maximum absolute atomic E-state index is 11.7. The van der Waals surface area contributed by atoms with Gasteiger partial charge in [-0.1, -0.05) is 0 Å². The summed E-state index contributed by atoms with van der Waals surface area (Å²) in [6.07, 6.45) is 2.51. The lowest BCUT2D eigenvalue weighted by Crippen LogP contribution is -2.44. The van der Waals surface area contributed by atoms with Crippen LogP contribution in [0.4, 0.5) is 0 Å². The van der Waals surface area contributed by atoms with E-state index >= 15 is 0 Å². The molecule has 0 aromatic carbocycles. The van der Waals surface area contributed by atoms with Gasteiger partial charge in [-0.2, -0.15) is 0 Å². The number of nitrogens with one attached hydrogen (secondary N) is 2. The minimum absolute atomic E-state index is 0.0607. The Balaban J connectivity index is 2.40. The van der Waals surface area contributed by atoms with E-state index in [-0.39, 0.29) is 17.3 Å². The molecule has 1 saturated heterocycles. The average Bonchev–Trinajstić information content (AvgIpc) is 2.22. The van der Waals surface area contributed by atoms with Gasteiger partial charge in [-0.3, -0.25) is 0 Å². The Morgan fingerprint density at radius 1 is 1.28 bits per heavy atom. The average molecular weight is 298 g/mol. The molecule has 6 nitrogen and oxygen atoms in total. The number of sulfonamides is 1. The van der Waals surface area contributed by atoms with Crippen molar-refractivity contribution in [2.24, 2.45) is 0 Å². The van der Waals surface area contributed by atoms with E-state index in [1.54, 1.807) is 0 Å². The summed E-state index contributed by atoms with van der Waals surface area (Å²) in [5, 5.41) is 2.95. The first-order chi connectivity index (χ1) is 8.35. The zero-order valence-electron chi connectivity index (χ0n) is 10.7. The van der Waals surface area contributed by atoms with Gasteiger partial charge in [0.15, 0.2) is 9.84 Å². The third-order valence-electron chi connectivity index (χ3n) is 2.90. The van der Waals surface area contributed by atoms with E-state index in [1.807, 2.05) is 7.05 Å². The van der Waals surface area contributed by atoms with E-state index in [9.17, 15) is 16.8 Å². The molecule has 0 saturated carbocycles. The molecule has 0 aliphatic carbocycles. The second-order valence-electron chi connectivity index (χ2n) is 4.70. The molecular weight excluding hydrogens is 276 g/mol. The minimum atomic E-state index is -3.35. The summed E-state index contributed by atoms with van der Waals surface area (Å²) in [7, 11) is -4.61. The standard InChI is InChI=1S/C10H22N2O4S2/c1-11-6-2-3-8-18(15,16)12-10-5-4-7-17(13,14)9-10/h10-12H,2-9H2,1H3. The molecule has 1 rings (SSSR count). The maximum Gasteiger partial charge on any atom is 0.211 e. The summed E-state index contributed by atoms with van der Waals surface area (Å²) in [6.45, 7) is 0.785. The SMILES string of the molecule is CNCCCCS(=O)(=O)NC1CCCS(=O)(=O)C1. The molecule has 0 radical (unpaired) electrons. The van der Waals surface area contributed by atoms with Gasteiger partial charge in [0.25, 0.3) is 0 Å². The molecule has 108 valence electrons. The van der Waals surface area contributed by atoms with Crippen LogP contribution in [0.25, 0.3) is 0 Å². The van der Waals surface area contributed by atoms with Crippen molar-refractivity contribution in [3.8, 4) is 0 Å². The fraction of sp³-hybridized carbons (Fsp3) is 1.00. The molecule has 1 aliphatic rings. The lowest BCUT2D eigenvalue weighted by Gasteiger charge is -2.22. The molecule has 0 bridgehead atoms. The van der Waals surface area contributed by atoms with E-state index in [4.69, 9.17) is 0 Å². The number of hydrogen-bond acceptors (Lipinski definition) is 5. The van der Waals surface area contributed by atoms with Crippen LogP contribution in [0, 0.1) is 0 Å². The quantitative estimate of drug-likeness (QED) is 0.617. The highest BCUT2D eigenvalue weighted by Gasteiger charge is 2.27. The number of unbranched alkanes of at least 4 members (excludes halogenated alkanes) is 1. The summed E-state index contributed by atoms with van der Waals surface area (Å²) in [5.41, 5.74) is 0. The largest absolute Gasteiger partial charge is 0.320 e. The lowest BCUT2D eigenvalue weighted by atomic mass is 10.2. The van der Waals surface area contributed by atoms with Crippen molar-refractivity contribution in [2.45, 2.75) is 31.7 Å². The van der Waals surface area contributed by atoms with Gasteiger partial charge in [-0.25, -0.2) is 21.6 Å². The molecule has 0 aromatic heterocycles. The van der Waals surface area contributed by atoms with Crippen LogP contribution < -0.4 is 10.0 Å². The molecule has 18 heavy (non-hydrogen) atoms. The molecule has 1 unspecified atom stereocenters. The Bertz CT molecular complexity index is 444. The zero-order chi connectivity index (χ0) is 13.6. The number of sulfone groups is 1. The van der Waals surface area contributed by atoms with Gasteiger partial charge >= 0.3 is 0 Å². The first kappa shape index (κ1) is 15.9. The molecule has 0 aromatic rings. The Morgan fingerprint density at radius 2 is 2.00 bits per heavy atom. The second kappa shape index (κ2) is 6.83. The van der Waals surface area contributed by atoms with Crippen molar-refractivity contribution >= 4 is 19.9 Å². The van der Waals surface area contributed by atoms with Crippen LogP contribution in [0.1, 0.15) is 25.7 Å². The van der Waals surface area contributed by atoms with E-state index < -0.39 is 25.9 Å². The first-order valence-electron chi connectivity index (χ1n) is 6.20. The van der Waals surface area contributed by atoms with E-state index in [0.29, 0.717) is 19.3 Å². The topological polar surface area (TPSA) is 92.3 Å². The van der Waals surface area contributed by atoms with Gasteiger partial charge in [0.05, 0.1) is 17.3 Å². The summed E-state index contributed by atoms with van der Waals surface area (Å²) in [4.78, 5) is 0. The highest BCUT2D eigenvalue weighted by atomic mass is 32.2. The molecule has 0 amide bonds. The van der Waals surface area contributed by atoms with E-state index in [2.05, 4.69) is 10.0 Å². The van der Waals surface area contributed by atoms with Crippen molar-refractivity contribution in [1.82, 2.24) is 10.0 Å². The first-order valence-corrected chi connectivity index (χ1v) is 9.67. The third-order valence-corrected chi connectivity index (χ3v) is 6.24. The van der Waals surface area contributed by atoms with Gasteiger partial charge in [0.2, 0.25) is 10.0 Å². The van der Waals surface area contributed by atoms with Gasteiger partial charge in [0, 0.05) is 6.04 Å². The molecular formula is C10H22N2O4S2. The molecule has 1 aliphatic heterocycles. The molecule has 1 fully saturated rings. The Morgan fingerprint density at radius 3 is 2.61 bits per heavy atom. The number of hydrogen-bond donors (Lipinski definition) is 2. The van der Waals surface area contributed by atoms with Crippen LogP contribution in [0.2, 0.25) is 0 Å². The second-order valence-corrected chi connectivity index (χ2v) is 8.80. The van der Waals surface area contributed by atoms with Crippen molar-refractivity contribution in [2.75, 3.05) is 30.9 Å².